The first-order valence-electron chi connectivity index (χ1n) is 6.00. The van der Waals surface area contributed by atoms with Crippen molar-refractivity contribution in [3.8, 4) is 5.69 Å². The van der Waals surface area contributed by atoms with Gasteiger partial charge in [-0.3, -0.25) is 10.7 Å². The molecule has 2 rings (SSSR count). The maximum absolute atomic E-state index is 11.8. The third-order valence-electron chi connectivity index (χ3n) is 2.48. The van der Waals surface area contributed by atoms with Crippen molar-refractivity contribution in [2.45, 2.75) is 6.92 Å². The monoisotopic (exact) mass is 274 g/mol. The summed E-state index contributed by atoms with van der Waals surface area (Å²) in [6.45, 7) is 1.98. The Hall–Kier alpha value is -2.67. The molecule has 2 N–H and O–H groups in total. The van der Waals surface area contributed by atoms with Crippen molar-refractivity contribution in [3.05, 3.63) is 42.1 Å². The Labute approximate surface area is 115 Å². The highest BCUT2D eigenvalue weighted by atomic mass is 16.5. The molecule has 1 aromatic heterocycles. The van der Waals surface area contributed by atoms with E-state index >= 15 is 0 Å². The second-order valence-corrected chi connectivity index (χ2v) is 3.74. The lowest BCUT2D eigenvalue weighted by molar-refractivity contribution is 0.0527. The van der Waals surface area contributed by atoms with E-state index in [1.807, 2.05) is 30.3 Å². The van der Waals surface area contributed by atoms with E-state index in [-0.39, 0.29) is 18.0 Å². The van der Waals surface area contributed by atoms with E-state index in [4.69, 9.17) is 9.94 Å². The van der Waals surface area contributed by atoms with Crippen LogP contribution in [0.25, 0.3) is 5.69 Å². The molecular formula is C13H14N4O3. The van der Waals surface area contributed by atoms with Gasteiger partial charge in [0.25, 0.3) is 0 Å². The van der Waals surface area contributed by atoms with Crippen molar-refractivity contribution in [1.29, 1.82) is 0 Å². The number of para-hydroxylation sites is 1. The Bertz CT molecular complexity index is 607. The Morgan fingerprint density at radius 3 is 2.90 bits per heavy atom. The van der Waals surface area contributed by atoms with E-state index in [1.165, 1.54) is 10.9 Å². The highest BCUT2D eigenvalue weighted by Gasteiger charge is 2.18. The number of hydroxylamine groups is 1. The second kappa shape index (κ2) is 6.48. The summed E-state index contributed by atoms with van der Waals surface area (Å²) >= 11 is 0. The summed E-state index contributed by atoms with van der Waals surface area (Å²) in [4.78, 5) is 15.8. The highest BCUT2D eigenvalue weighted by molar-refractivity contribution is 5.94. The zero-order valence-electron chi connectivity index (χ0n) is 10.9. The van der Waals surface area contributed by atoms with Crippen molar-refractivity contribution in [2.24, 2.45) is 4.99 Å². The summed E-state index contributed by atoms with van der Waals surface area (Å²) in [6, 6.07) is 9.22. The molecule has 0 spiro atoms. The number of aromatic nitrogens is 2. The standard InChI is InChI=1S/C13H14N4O3/c1-2-20-13(18)11-8-15-17(12(11)14-9-16-19)10-6-4-3-5-7-10/h3-9,19H,2H2,1H3,(H,14,16). The van der Waals surface area contributed by atoms with Crippen molar-refractivity contribution in [1.82, 2.24) is 15.3 Å². The lowest BCUT2D eigenvalue weighted by atomic mass is 10.3. The zero-order valence-corrected chi connectivity index (χ0v) is 10.9. The molecule has 0 fully saturated rings. The van der Waals surface area contributed by atoms with Gasteiger partial charge in [0.05, 0.1) is 18.5 Å². The van der Waals surface area contributed by atoms with Crippen LogP contribution >= 0.6 is 0 Å². The molecular weight excluding hydrogens is 260 g/mol. The molecule has 104 valence electrons. The fraction of sp³-hybridized carbons (Fsp3) is 0.154. The summed E-state index contributed by atoms with van der Waals surface area (Å²) in [5.74, 6) is -0.240. The number of hydrogen-bond donors (Lipinski definition) is 2. The fourth-order valence-corrected chi connectivity index (χ4v) is 1.67. The molecule has 7 heteroatoms. The van der Waals surface area contributed by atoms with Crippen LogP contribution in [0.5, 0.6) is 0 Å². The van der Waals surface area contributed by atoms with Gasteiger partial charge in [0.1, 0.15) is 11.9 Å². The Morgan fingerprint density at radius 1 is 1.50 bits per heavy atom. The van der Waals surface area contributed by atoms with Gasteiger partial charge in [-0.2, -0.15) is 5.10 Å². The number of esters is 1. The zero-order chi connectivity index (χ0) is 14.4. The molecule has 20 heavy (non-hydrogen) atoms. The molecule has 0 radical (unpaired) electrons. The first-order valence-corrected chi connectivity index (χ1v) is 6.00. The quantitative estimate of drug-likeness (QED) is 0.375. The molecule has 1 aromatic carbocycles. The van der Waals surface area contributed by atoms with Gasteiger partial charge in [-0.15, -0.1) is 0 Å². The van der Waals surface area contributed by atoms with Gasteiger partial charge in [-0.25, -0.2) is 14.5 Å². The lowest BCUT2D eigenvalue weighted by Gasteiger charge is -2.05. The third-order valence-corrected chi connectivity index (χ3v) is 2.48. The van der Waals surface area contributed by atoms with Crippen LogP contribution in [0, 0.1) is 0 Å². The van der Waals surface area contributed by atoms with Crippen LogP contribution in [0.2, 0.25) is 0 Å². The van der Waals surface area contributed by atoms with Crippen LogP contribution in [0.15, 0.2) is 41.5 Å². The van der Waals surface area contributed by atoms with Gasteiger partial charge in [0.2, 0.25) is 0 Å². The number of nitrogens with one attached hydrogen (secondary N) is 1. The average Bonchev–Trinajstić information content (AvgIpc) is 2.90. The number of nitrogens with zero attached hydrogens (tertiary/aromatic N) is 3. The normalized spacial score (nSPS) is 10.7. The molecule has 0 amide bonds. The Morgan fingerprint density at radius 2 is 2.25 bits per heavy atom. The smallest absolute Gasteiger partial charge is 0.343 e. The van der Waals surface area contributed by atoms with E-state index in [1.54, 1.807) is 12.4 Å². The molecule has 1 heterocycles. The number of carbonyl (C=O) groups excluding carboxylic acids is 1. The minimum atomic E-state index is -0.514. The highest BCUT2D eigenvalue weighted by Crippen LogP contribution is 2.23. The first kappa shape index (κ1) is 13.8. The Kier molecular flexibility index (Phi) is 4.46. The number of hydrogen-bond acceptors (Lipinski definition) is 5. The number of rotatable bonds is 5. The molecule has 7 nitrogen and oxygen atoms in total. The van der Waals surface area contributed by atoms with Crippen LogP contribution < -0.4 is 5.48 Å². The third kappa shape index (κ3) is 2.83. The largest absolute Gasteiger partial charge is 0.462 e. The SMILES string of the molecule is CCOC(=O)c1cnn(-c2ccccc2)c1/N=C/NO. The fourth-order valence-electron chi connectivity index (χ4n) is 1.67. The molecule has 0 saturated carbocycles. The van der Waals surface area contributed by atoms with Gasteiger partial charge < -0.3 is 4.74 Å². The summed E-state index contributed by atoms with van der Waals surface area (Å²) in [6.07, 6.45) is 2.44. The summed E-state index contributed by atoms with van der Waals surface area (Å²) in [7, 11) is 0. The molecule has 0 unspecified atom stereocenters. The van der Waals surface area contributed by atoms with Crippen LogP contribution in [0.3, 0.4) is 0 Å². The molecule has 2 aromatic rings. The van der Waals surface area contributed by atoms with Crippen LogP contribution in [-0.2, 0) is 4.74 Å². The number of aliphatic imine (C=N–C) groups is 1. The maximum atomic E-state index is 11.8. The Balaban J connectivity index is 2.48. The van der Waals surface area contributed by atoms with Crippen LogP contribution in [0.4, 0.5) is 5.82 Å². The summed E-state index contributed by atoms with van der Waals surface area (Å²) in [5, 5.41) is 12.7. The maximum Gasteiger partial charge on any atom is 0.343 e. The van der Waals surface area contributed by atoms with Gasteiger partial charge in [0, 0.05) is 0 Å². The molecule has 0 aliphatic carbocycles. The van der Waals surface area contributed by atoms with Crippen molar-refractivity contribution in [3.63, 3.8) is 0 Å². The summed E-state index contributed by atoms with van der Waals surface area (Å²) < 4.78 is 6.43. The molecule has 0 aliphatic rings. The van der Waals surface area contributed by atoms with Gasteiger partial charge >= 0.3 is 5.97 Å². The molecule has 0 bridgehead atoms. The van der Waals surface area contributed by atoms with Gasteiger partial charge in [0.15, 0.2) is 5.82 Å². The minimum Gasteiger partial charge on any atom is -0.462 e. The van der Waals surface area contributed by atoms with Gasteiger partial charge in [-0.05, 0) is 19.1 Å². The van der Waals surface area contributed by atoms with E-state index in [2.05, 4.69) is 10.1 Å². The van der Waals surface area contributed by atoms with Gasteiger partial charge in [-0.1, -0.05) is 18.2 Å². The van der Waals surface area contributed by atoms with E-state index in [9.17, 15) is 4.79 Å². The topological polar surface area (TPSA) is 88.7 Å². The van der Waals surface area contributed by atoms with Crippen LogP contribution in [-0.4, -0.2) is 33.9 Å². The van der Waals surface area contributed by atoms with Crippen molar-refractivity contribution in [2.75, 3.05) is 6.61 Å². The van der Waals surface area contributed by atoms with Crippen molar-refractivity contribution < 1.29 is 14.7 Å². The lowest BCUT2D eigenvalue weighted by Crippen LogP contribution is -2.06. The van der Waals surface area contributed by atoms with Crippen molar-refractivity contribution >= 4 is 18.1 Å². The summed E-state index contributed by atoms with van der Waals surface area (Å²) in [5.41, 5.74) is 2.77. The average molecular weight is 274 g/mol. The number of benzene rings is 1. The number of carbonyl (C=O) groups is 1. The molecule has 0 saturated heterocycles. The van der Waals surface area contributed by atoms with E-state index < -0.39 is 5.97 Å². The second-order valence-electron chi connectivity index (χ2n) is 3.74. The number of ether oxygens (including phenoxy) is 1. The van der Waals surface area contributed by atoms with E-state index in [0.29, 0.717) is 0 Å². The molecule has 0 aliphatic heterocycles. The molecule has 0 atom stereocenters. The minimum absolute atomic E-state index is 0.224. The predicted octanol–water partition coefficient (Wildman–Crippen LogP) is 1.69. The van der Waals surface area contributed by atoms with E-state index in [0.717, 1.165) is 12.0 Å². The first-order chi connectivity index (χ1) is 9.77. The van der Waals surface area contributed by atoms with Crippen LogP contribution in [0.1, 0.15) is 17.3 Å². The predicted molar refractivity (Wildman–Crippen MR) is 72.6 cm³/mol.